The molecule has 0 bridgehead atoms. The number of hydrogen-bond acceptors (Lipinski definition) is 3. The molecule has 0 radical (unpaired) electrons. The minimum atomic E-state index is 0.00743. The van der Waals surface area contributed by atoms with Gasteiger partial charge in [0.1, 0.15) is 5.76 Å². The Labute approximate surface area is 117 Å². The molecule has 0 saturated carbocycles. The van der Waals surface area contributed by atoms with E-state index in [9.17, 15) is 0 Å². The number of benzene rings is 1. The predicted octanol–water partition coefficient (Wildman–Crippen LogP) is 3.55. The molecule has 1 aromatic carbocycles. The molecule has 3 N–H and O–H groups in total. The summed E-state index contributed by atoms with van der Waals surface area (Å²) in [7, 11) is 0. The predicted molar refractivity (Wildman–Crippen MR) is 74.3 cm³/mol. The molecule has 1 unspecified atom stereocenters. The zero-order valence-electron chi connectivity index (χ0n) is 8.99. The van der Waals surface area contributed by atoms with Crippen molar-refractivity contribution in [3.05, 3.63) is 56.9 Å². The van der Waals surface area contributed by atoms with Gasteiger partial charge in [0, 0.05) is 15.4 Å². The van der Waals surface area contributed by atoms with Gasteiger partial charge in [-0.2, -0.15) is 0 Å². The molecule has 2 rings (SSSR count). The van der Waals surface area contributed by atoms with Crippen LogP contribution in [0.5, 0.6) is 0 Å². The van der Waals surface area contributed by atoms with Gasteiger partial charge in [-0.25, -0.2) is 0 Å². The number of hydrazine groups is 1. The summed E-state index contributed by atoms with van der Waals surface area (Å²) >= 11 is 6.99. The van der Waals surface area contributed by atoms with E-state index in [-0.39, 0.29) is 6.04 Å². The van der Waals surface area contributed by atoms with Gasteiger partial charge in [0.2, 0.25) is 0 Å². The van der Waals surface area contributed by atoms with Crippen LogP contribution in [0.1, 0.15) is 17.4 Å². The van der Waals surface area contributed by atoms with Crippen LogP contribution in [-0.2, 0) is 6.42 Å². The summed E-state index contributed by atoms with van der Waals surface area (Å²) in [5, 5.41) is 0. The standard InChI is InChI=1S/C12H12Br2N2O/c13-8-3-4-11(14)10(6-8)12(16-15)7-9-2-1-5-17-9/h1-6,12,16H,7,15H2. The van der Waals surface area contributed by atoms with Crippen LogP contribution in [-0.4, -0.2) is 0 Å². The van der Waals surface area contributed by atoms with E-state index < -0.39 is 0 Å². The van der Waals surface area contributed by atoms with Crippen molar-refractivity contribution in [2.75, 3.05) is 0 Å². The quantitative estimate of drug-likeness (QED) is 0.648. The number of hydrogen-bond donors (Lipinski definition) is 2. The van der Waals surface area contributed by atoms with E-state index in [4.69, 9.17) is 10.3 Å². The molecular weight excluding hydrogens is 348 g/mol. The molecule has 0 aliphatic heterocycles. The van der Waals surface area contributed by atoms with Crippen LogP contribution in [0.3, 0.4) is 0 Å². The van der Waals surface area contributed by atoms with E-state index in [1.54, 1.807) is 6.26 Å². The van der Waals surface area contributed by atoms with E-state index in [1.165, 1.54) is 0 Å². The van der Waals surface area contributed by atoms with Gasteiger partial charge in [-0.1, -0.05) is 31.9 Å². The van der Waals surface area contributed by atoms with Crippen molar-refractivity contribution in [3.63, 3.8) is 0 Å². The van der Waals surface area contributed by atoms with Gasteiger partial charge >= 0.3 is 0 Å². The zero-order chi connectivity index (χ0) is 12.3. The largest absolute Gasteiger partial charge is 0.469 e. The third-order valence-corrected chi connectivity index (χ3v) is 3.74. The highest BCUT2D eigenvalue weighted by Gasteiger charge is 2.15. The summed E-state index contributed by atoms with van der Waals surface area (Å²) in [5.41, 5.74) is 3.91. The highest BCUT2D eigenvalue weighted by molar-refractivity contribution is 9.11. The Kier molecular flexibility index (Phi) is 4.39. The van der Waals surface area contributed by atoms with Crippen LogP contribution >= 0.6 is 31.9 Å². The van der Waals surface area contributed by atoms with Crippen molar-refractivity contribution in [3.8, 4) is 0 Å². The molecular formula is C12H12Br2N2O. The molecule has 0 amide bonds. The lowest BCUT2D eigenvalue weighted by Crippen LogP contribution is -2.29. The number of nitrogens with one attached hydrogen (secondary N) is 1. The fourth-order valence-electron chi connectivity index (χ4n) is 1.67. The molecule has 1 aromatic heterocycles. The second-order valence-electron chi connectivity index (χ2n) is 3.67. The minimum absolute atomic E-state index is 0.00743. The number of furan rings is 1. The Bertz CT molecular complexity index is 485. The average Bonchev–Trinajstić information content (AvgIpc) is 2.82. The lowest BCUT2D eigenvalue weighted by molar-refractivity contribution is 0.454. The Hall–Kier alpha value is -0.620. The van der Waals surface area contributed by atoms with Crippen molar-refractivity contribution < 1.29 is 4.42 Å². The third-order valence-electron chi connectivity index (χ3n) is 2.52. The van der Waals surface area contributed by atoms with Crippen molar-refractivity contribution >= 4 is 31.9 Å². The summed E-state index contributed by atoms with van der Waals surface area (Å²) in [6.45, 7) is 0. The Morgan fingerprint density at radius 1 is 1.29 bits per heavy atom. The van der Waals surface area contributed by atoms with Crippen LogP contribution < -0.4 is 11.3 Å². The van der Waals surface area contributed by atoms with Gasteiger partial charge in [0.15, 0.2) is 0 Å². The van der Waals surface area contributed by atoms with Crippen molar-refractivity contribution in [1.29, 1.82) is 0 Å². The van der Waals surface area contributed by atoms with Gasteiger partial charge in [-0.05, 0) is 35.9 Å². The first-order valence-electron chi connectivity index (χ1n) is 5.14. The van der Waals surface area contributed by atoms with Crippen molar-refractivity contribution in [1.82, 2.24) is 5.43 Å². The van der Waals surface area contributed by atoms with Crippen LogP contribution in [0.25, 0.3) is 0 Å². The van der Waals surface area contributed by atoms with Gasteiger partial charge in [0.05, 0.1) is 12.3 Å². The maximum Gasteiger partial charge on any atom is 0.105 e. The van der Waals surface area contributed by atoms with Gasteiger partial charge < -0.3 is 4.42 Å². The van der Waals surface area contributed by atoms with E-state index in [1.807, 2.05) is 30.3 Å². The fraction of sp³-hybridized carbons (Fsp3) is 0.167. The first kappa shape index (κ1) is 12.8. The second kappa shape index (κ2) is 5.82. The SMILES string of the molecule is NNC(Cc1ccco1)c1cc(Br)ccc1Br. The number of rotatable bonds is 4. The molecule has 0 spiro atoms. The second-order valence-corrected chi connectivity index (χ2v) is 5.44. The minimum Gasteiger partial charge on any atom is -0.469 e. The highest BCUT2D eigenvalue weighted by atomic mass is 79.9. The summed E-state index contributed by atoms with van der Waals surface area (Å²) in [6.07, 6.45) is 2.37. The Morgan fingerprint density at radius 2 is 2.12 bits per heavy atom. The first-order chi connectivity index (χ1) is 8.20. The van der Waals surface area contributed by atoms with Crippen LogP contribution in [0.4, 0.5) is 0 Å². The zero-order valence-corrected chi connectivity index (χ0v) is 12.2. The van der Waals surface area contributed by atoms with E-state index in [0.29, 0.717) is 6.42 Å². The highest BCUT2D eigenvalue weighted by Crippen LogP contribution is 2.28. The Morgan fingerprint density at radius 3 is 2.76 bits per heavy atom. The average molecular weight is 360 g/mol. The van der Waals surface area contributed by atoms with E-state index in [2.05, 4.69) is 37.3 Å². The summed E-state index contributed by atoms with van der Waals surface area (Å²) in [4.78, 5) is 0. The lowest BCUT2D eigenvalue weighted by Gasteiger charge is -2.17. The van der Waals surface area contributed by atoms with E-state index >= 15 is 0 Å². The normalized spacial score (nSPS) is 12.6. The van der Waals surface area contributed by atoms with Crippen LogP contribution in [0.15, 0.2) is 50.0 Å². The molecule has 0 fully saturated rings. The maximum atomic E-state index is 5.61. The number of halogens is 2. The molecule has 17 heavy (non-hydrogen) atoms. The molecule has 90 valence electrons. The van der Waals surface area contributed by atoms with Gasteiger partial charge in [0.25, 0.3) is 0 Å². The topological polar surface area (TPSA) is 51.2 Å². The van der Waals surface area contributed by atoms with Gasteiger partial charge in [-0.15, -0.1) is 0 Å². The maximum absolute atomic E-state index is 5.61. The van der Waals surface area contributed by atoms with Crippen molar-refractivity contribution in [2.45, 2.75) is 12.5 Å². The Balaban J connectivity index is 2.25. The van der Waals surface area contributed by atoms with Crippen molar-refractivity contribution in [2.24, 2.45) is 5.84 Å². The third kappa shape index (κ3) is 3.19. The molecule has 2 aromatic rings. The van der Waals surface area contributed by atoms with Crippen LogP contribution in [0.2, 0.25) is 0 Å². The molecule has 0 saturated heterocycles. The van der Waals surface area contributed by atoms with Crippen LogP contribution in [0, 0.1) is 0 Å². The molecule has 1 heterocycles. The molecule has 3 nitrogen and oxygen atoms in total. The summed E-state index contributed by atoms with van der Waals surface area (Å²) in [5.74, 6) is 6.52. The lowest BCUT2D eigenvalue weighted by atomic mass is 10.0. The summed E-state index contributed by atoms with van der Waals surface area (Å²) < 4.78 is 7.38. The molecule has 1 atom stereocenters. The summed E-state index contributed by atoms with van der Waals surface area (Å²) in [6, 6.07) is 9.83. The first-order valence-corrected chi connectivity index (χ1v) is 6.72. The monoisotopic (exact) mass is 358 g/mol. The molecule has 5 heteroatoms. The molecule has 0 aliphatic carbocycles. The smallest absolute Gasteiger partial charge is 0.105 e. The van der Waals surface area contributed by atoms with E-state index in [0.717, 1.165) is 20.3 Å². The van der Waals surface area contributed by atoms with Gasteiger partial charge in [-0.3, -0.25) is 11.3 Å². The fourth-order valence-corrected chi connectivity index (χ4v) is 2.57. The molecule has 0 aliphatic rings. The number of nitrogens with two attached hydrogens (primary N) is 1.